The molecule has 0 aliphatic carbocycles. The average molecular weight is 398 g/mol. The van der Waals surface area contributed by atoms with Gasteiger partial charge in [-0.25, -0.2) is 0 Å². The molecule has 2 nitrogen and oxygen atoms in total. The van der Waals surface area contributed by atoms with E-state index in [0.29, 0.717) is 12.2 Å². The second-order valence-electron chi connectivity index (χ2n) is 4.87. The number of ether oxygens (including phenoxy) is 2. The van der Waals surface area contributed by atoms with Crippen LogP contribution in [0.5, 0.6) is 0 Å². The quantitative estimate of drug-likeness (QED) is 0.666. The molecule has 2 aliphatic heterocycles. The Labute approximate surface area is 109 Å². The van der Waals surface area contributed by atoms with Crippen LogP contribution in [0.2, 0.25) is 3.93 Å². The van der Waals surface area contributed by atoms with Gasteiger partial charge in [-0.1, -0.05) is 0 Å². The minimum absolute atomic E-state index is 0.165. The molecule has 0 amide bonds. The molecule has 0 saturated carbocycles. The zero-order valence-electron chi connectivity index (χ0n) is 9.84. The summed E-state index contributed by atoms with van der Waals surface area (Å²) in [6, 6.07) is 0. The van der Waals surface area contributed by atoms with Crippen molar-refractivity contribution < 1.29 is 35.6 Å². The van der Waals surface area contributed by atoms with Crippen molar-refractivity contribution in [3.63, 3.8) is 0 Å². The summed E-state index contributed by atoms with van der Waals surface area (Å²) in [4.78, 5) is 0. The first kappa shape index (κ1) is 12.3. The fraction of sp³-hybridized carbons (Fsp3) is 1.00. The van der Waals surface area contributed by atoms with Gasteiger partial charge in [-0.3, -0.25) is 0 Å². The topological polar surface area (TPSA) is 18.5 Å². The van der Waals surface area contributed by atoms with Crippen LogP contribution in [0.25, 0.3) is 0 Å². The van der Waals surface area contributed by atoms with Crippen LogP contribution in [-0.2, 0) is 35.6 Å². The van der Waals surface area contributed by atoms with Gasteiger partial charge in [0.2, 0.25) is 0 Å². The molecule has 0 radical (unpaired) electrons. The molecule has 1 spiro atoms. The normalized spacial score (nSPS) is 42.1. The van der Waals surface area contributed by atoms with E-state index in [4.69, 9.17) is 9.47 Å². The molecule has 2 saturated heterocycles. The van der Waals surface area contributed by atoms with Crippen molar-refractivity contribution >= 4 is 0 Å². The van der Waals surface area contributed by atoms with E-state index in [1.807, 2.05) is 0 Å². The summed E-state index contributed by atoms with van der Waals surface area (Å²) in [5.74, 6) is -0.165. The van der Waals surface area contributed by atoms with Crippen molar-refractivity contribution in [3.8, 4) is 0 Å². The van der Waals surface area contributed by atoms with Gasteiger partial charge in [-0.15, -0.1) is 0 Å². The second kappa shape index (κ2) is 5.46. The van der Waals surface area contributed by atoms with Crippen molar-refractivity contribution in [2.45, 2.75) is 73.8 Å². The molecule has 0 bridgehead atoms. The molecule has 0 N–H and O–H groups in total. The molecular formula is C12H21HgO2. The fourth-order valence-corrected chi connectivity index (χ4v) is 4.38. The summed E-state index contributed by atoms with van der Waals surface area (Å²) in [6.45, 7) is 2.22. The summed E-state index contributed by atoms with van der Waals surface area (Å²) < 4.78 is 13.7. The van der Waals surface area contributed by atoms with E-state index in [9.17, 15) is 0 Å². The SMILES string of the molecule is CC[C@@H]1CCC[C@]2(CCC[C@@H]([CH2][Hg])O2)O1. The van der Waals surface area contributed by atoms with E-state index in [1.54, 1.807) is 0 Å². The van der Waals surface area contributed by atoms with Gasteiger partial charge in [-0.05, 0) is 0 Å². The molecule has 15 heavy (non-hydrogen) atoms. The van der Waals surface area contributed by atoms with Crippen LogP contribution < -0.4 is 0 Å². The summed E-state index contributed by atoms with van der Waals surface area (Å²) in [7, 11) is 0. The van der Waals surface area contributed by atoms with Gasteiger partial charge < -0.3 is 0 Å². The summed E-state index contributed by atoms with van der Waals surface area (Å²) in [5, 5.41) is 0. The molecule has 0 unspecified atom stereocenters. The van der Waals surface area contributed by atoms with Crippen molar-refractivity contribution in [2.75, 3.05) is 0 Å². The van der Waals surface area contributed by atoms with Crippen molar-refractivity contribution in [3.05, 3.63) is 0 Å². The van der Waals surface area contributed by atoms with E-state index in [0.717, 1.165) is 45.4 Å². The van der Waals surface area contributed by atoms with Crippen molar-refractivity contribution in [1.82, 2.24) is 0 Å². The third-order valence-corrected chi connectivity index (χ3v) is 6.21. The van der Waals surface area contributed by atoms with Crippen molar-refractivity contribution in [1.29, 1.82) is 0 Å². The van der Waals surface area contributed by atoms with E-state index in [-0.39, 0.29) is 5.79 Å². The maximum absolute atomic E-state index is 6.22. The Morgan fingerprint density at radius 2 is 1.73 bits per heavy atom. The molecule has 3 atom stereocenters. The van der Waals surface area contributed by atoms with E-state index >= 15 is 0 Å². The van der Waals surface area contributed by atoms with Crippen LogP contribution in [0, 0.1) is 0 Å². The Morgan fingerprint density at radius 1 is 1.13 bits per heavy atom. The van der Waals surface area contributed by atoms with Crippen LogP contribution in [0.1, 0.15) is 51.9 Å². The average Bonchev–Trinajstić information content (AvgIpc) is 2.29. The van der Waals surface area contributed by atoms with Gasteiger partial charge in [0, 0.05) is 0 Å². The van der Waals surface area contributed by atoms with Crippen LogP contribution in [0.15, 0.2) is 0 Å². The number of hydrogen-bond acceptors (Lipinski definition) is 2. The minimum atomic E-state index is -0.165. The Bertz CT molecular complexity index is 186. The van der Waals surface area contributed by atoms with Crippen LogP contribution >= 0.6 is 0 Å². The summed E-state index contributed by atoms with van der Waals surface area (Å²) in [6.07, 6.45) is 9.48. The molecule has 0 aromatic carbocycles. The Balaban J connectivity index is 1.98. The molecule has 0 aromatic rings. The first-order valence-corrected chi connectivity index (χ1v) is 10.3. The molecule has 83 valence electrons. The predicted molar refractivity (Wildman–Crippen MR) is 55.3 cm³/mol. The molecule has 3 heteroatoms. The molecular weight excluding hydrogens is 377 g/mol. The number of hydrogen-bond donors (Lipinski definition) is 0. The van der Waals surface area contributed by atoms with Gasteiger partial charge in [0.25, 0.3) is 0 Å². The first-order chi connectivity index (χ1) is 7.28. The molecule has 0 aromatic heterocycles. The van der Waals surface area contributed by atoms with E-state index in [1.165, 1.54) is 29.6 Å². The number of rotatable bonds is 2. The van der Waals surface area contributed by atoms with Gasteiger partial charge >= 0.3 is 109 Å². The van der Waals surface area contributed by atoms with Crippen LogP contribution in [0.4, 0.5) is 0 Å². The van der Waals surface area contributed by atoms with Gasteiger partial charge in [0.05, 0.1) is 0 Å². The standard InChI is InChI=1S/C12H21O2.Hg/c1-3-11-7-5-9-12(14-11)8-4-6-10(2)13-12;/h10-11H,2-9H2,1H3;/t10-,11-,12+;/m1./s1. The van der Waals surface area contributed by atoms with E-state index < -0.39 is 0 Å². The fourth-order valence-electron chi connectivity index (χ4n) is 2.80. The van der Waals surface area contributed by atoms with Crippen LogP contribution in [0.3, 0.4) is 0 Å². The van der Waals surface area contributed by atoms with Gasteiger partial charge in [0.15, 0.2) is 0 Å². The zero-order chi connectivity index (χ0) is 10.7. The summed E-state index contributed by atoms with van der Waals surface area (Å²) in [5.41, 5.74) is 0. The Kier molecular flexibility index (Phi) is 4.48. The third kappa shape index (κ3) is 2.95. The maximum atomic E-state index is 6.22. The third-order valence-electron chi connectivity index (χ3n) is 3.71. The van der Waals surface area contributed by atoms with E-state index in [2.05, 4.69) is 6.92 Å². The first-order valence-electron chi connectivity index (χ1n) is 6.43. The summed E-state index contributed by atoms with van der Waals surface area (Å²) >= 11 is 0.864. The molecule has 2 aliphatic rings. The second-order valence-corrected chi connectivity index (χ2v) is 7.12. The van der Waals surface area contributed by atoms with Gasteiger partial charge in [0.1, 0.15) is 0 Å². The van der Waals surface area contributed by atoms with Gasteiger partial charge in [-0.2, -0.15) is 0 Å². The van der Waals surface area contributed by atoms with Crippen molar-refractivity contribution in [2.24, 2.45) is 0 Å². The Hall–Kier alpha value is 0.855. The molecule has 2 fully saturated rings. The van der Waals surface area contributed by atoms with Crippen LogP contribution in [-0.4, -0.2) is 18.0 Å². The Morgan fingerprint density at radius 3 is 2.33 bits per heavy atom. The zero-order valence-corrected chi connectivity index (χ0v) is 15.3. The molecule has 2 heterocycles. The predicted octanol–water partition coefficient (Wildman–Crippen LogP) is 3.20. The molecule has 2 rings (SSSR count). The monoisotopic (exact) mass is 399 g/mol.